The summed E-state index contributed by atoms with van der Waals surface area (Å²) in [5.41, 5.74) is 6.86. The normalized spacial score (nSPS) is 16.0. The highest BCUT2D eigenvalue weighted by atomic mass is 35.5. The Labute approximate surface area is 158 Å². The fourth-order valence-corrected chi connectivity index (χ4v) is 5.63. The number of thioether (sulfide) groups is 1. The second-order valence-corrected chi connectivity index (χ2v) is 8.57. The Bertz CT molecular complexity index is 1060. The molecular weight excluding hydrogens is 400 g/mol. The van der Waals surface area contributed by atoms with Crippen LogP contribution in [0.4, 0.5) is 0 Å². The standard InChI is InChI=1S/C15H13ClN4O4S2/c16-12-14(20-5-6-25-15(20)19-12)26(22,23)24-9-1-2-10-8(7-9)3-4-18-11(10)13(17)21/h1-2,7H,3-6H2,(H2,17,21). The summed E-state index contributed by atoms with van der Waals surface area (Å²) in [6.45, 7) is 0.904. The maximum absolute atomic E-state index is 12.7. The molecule has 1 amide bonds. The van der Waals surface area contributed by atoms with Gasteiger partial charge in [0.15, 0.2) is 10.3 Å². The average Bonchev–Trinajstić information content (AvgIpc) is 3.13. The number of carbonyl (C=O) groups is 1. The molecular formula is C15H13ClN4O4S2. The van der Waals surface area contributed by atoms with Crippen LogP contribution in [-0.2, 0) is 27.9 Å². The lowest BCUT2D eigenvalue weighted by molar-refractivity contribution is -0.111. The fraction of sp³-hybridized carbons (Fsp3) is 0.267. The molecule has 2 aliphatic heterocycles. The molecule has 1 aromatic carbocycles. The minimum Gasteiger partial charge on any atom is -0.378 e. The van der Waals surface area contributed by atoms with Crippen molar-refractivity contribution >= 4 is 45.1 Å². The molecule has 0 radical (unpaired) electrons. The number of aliphatic imine (C=N–C) groups is 1. The summed E-state index contributed by atoms with van der Waals surface area (Å²) in [5, 5.41) is 0.314. The molecule has 3 heterocycles. The second kappa shape index (κ2) is 6.29. The number of rotatable bonds is 4. The molecule has 136 valence electrons. The molecule has 4 rings (SSSR count). The first-order valence-corrected chi connectivity index (χ1v) is 10.4. The maximum Gasteiger partial charge on any atom is 0.358 e. The Balaban J connectivity index is 1.68. The Morgan fingerprint density at radius 1 is 1.38 bits per heavy atom. The third-order valence-corrected chi connectivity index (χ3v) is 6.68. The van der Waals surface area contributed by atoms with Crippen LogP contribution in [0.25, 0.3) is 0 Å². The van der Waals surface area contributed by atoms with E-state index in [-0.39, 0.29) is 21.6 Å². The van der Waals surface area contributed by atoms with E-state index in [4.69, 9.17) is 21.5 Å². The van der Waals surface area contributed by atoms with Gasteiger partial charge in [-0.3, -0.25) is 9.79 Å². The van der Waals surface area contributed by atoms with Gasteiger partial charge in [0.25, 0.3) is 5.91 Å². The van der Waals surface area contributed by atoms with Crippen molar-refractivity contribution in [2.45, 2.75) is 23.1 Å². The molecule has 26 heavy (non-hydrogen) atoms. The zero-order valence-electron chi connectivity index (χ0n) is 13.3. The summed E-state index contributed by atoms with van der Waals surface area (Å²) in [6, 6.07) is 4.62. The molecule has 1 aromatic heterocycles. The Kier molecular flexibility index (Phi) is 4.20. The number of nitrogens with zero attached hydrogens (tertiary/aromatic N) is 3. The van der Waals surface area contributed by atoms with E-state index in [9.17, 15) is 13.2 Å². The smallest absolute Gasteiger partial charge is 0.358 e. The van der Waals surface area contributed by atoms with Crippen LogP contribution < -0.4 is 9.92 Å². The van der Waals surface area contributed by atoms with Gasteiger partial charge < -0.3 is 14.5 Å². The van der Waals surface area contributed by atoms with E-state index in [1.807, 2.05) is 0 Å². The van der Waals surface area contributed by atoms with Gasteiger partial charge in [-0.2, -0.15) is 8.42 Å². The van der Waals surface area contributed by atoms with Crippen molar-refractivity contribution in [1.82, 2.24) is 9.55 Å². The van der Waals surface area contributed by atoms with Gasteiger partial charge in [0.1, 0.15) is 11.5 Å². The topological polar surface area (TPSA) is 117 Å². The highest BCUT2D eigenvalue weighted by molar-refractivity contribution is 7.99. The molecule has 2 N–H and O–H groups in total. The van der Waals surface area contributed by atoms with E-state index in [0.717, 1.165) is 11.3 Å². The molecule has 0 aliphatic carbocycles. The first kappa shape index (κ1) is 17.4. The highest BCUT2D eigenvalue weighted by Crippen LogP contribution is 2.34. The molecule has 0 spiro atoms. The molecule has 11 heteroatoms. The Hall–Kier alpha value is -2.04. The van der Waals surface area contributed by atoms with Gasteiger partial charge in [-0.25, -0.2) is 4.98 Å². The zero-order chi connectivity index (χ0) is 18.5. The number of carbonyl (C=O) groups excluding carboxylic acids is 1. The van der Waals surface area contributed by atoms with E-state index < -0.39 is 16.0 Å². The molecule has 0 saturated carbocycles. The number of halogens is 1. The third-order valence-electron chi connectivity index (χ3n) is 4.05. The van der Waals surface area contributed by atoms with Crippen molar-refractivity contribution in [3.8, 4) is 5.75 Å². The van der Waals surface area contributed by atoms with Crippen molar-refractivity contribution in [1.29, 1.82) is 0 Å². The van der Waals surface area contributed by atoms with E-state index in [1.54, 1.807) is 16.7 Å². The zero-order valence-corrected chi connectivity index (χ0v) is 15.7. The summed E-state index contributed by atoms with van der Waals surface area (Å²) in [7, 11) is -4.15. The van der Waals surface area contributed by atoms with Crippen LogP contribution in [0.15, 0.2) is 33.4 Å². The van der Waals surface area contributed by atoms with Crippen molar-refractivity contribution in [2.24, 2.45) is 10.7 Å². The molecule has 2 aliphatic rings. The van der Waals surface area contributed by atoms with Crippen LogP contribution in [0, 0.1) is 0 Å². The molecule has 0 atom stereocenters. The van der Waals surface area contributed by atoms with Crippen LogP contribution in [0.5, 0.6) is 5.75 Å². The quantitative estimate of drug-likeness (QED) is 0.755. The predicted octanol–water partition coefficient (Wildman–Crippen LogP) is 1.24. The lowest BCUT2D eigenvalue weighted by Crippen LogP contribution is -2.28. The Morgan fingerprint density at radius 2 is 2.19 bits per heavy atom. The monoisotopic (exact) mass is 412 g/mol. The van der Waals surface area contributed by atoms with E-state index in [2.05, 4.69) is 9.98 Å². The number of primary amides is 1. The molecule has 2 aromatic rings. The van der Waals surface area contributed by atoms with Crippen LogP contribution in [0.2, 0.25) is 5.15 Å². The molecule has 0 unspecified atom stereocenters. The Morgan fingerprint density at radius 3 is 2.96 bits per heavy atom. The minimum atomic E-state index is -4.15. The van der Waals surface area contributed by atoms with Crippen molar-refractivity contribution in [3.63, 3.8) is 0 Å². The van der Waals surface area contributed by atoms with E-state index >= 15 is 0 Å². The fourth-order valence-electron chi connectivity index (χ4n) is 2.97. The molecule has 8 nitrogen and oxygen atoms in total. The van der Waals surface area contributed by atoms with Gasteiger partial charge in [-0.1, -0.05) is 23.4 Å². The molecule has 0 saturated heterocycles. The van der Waals surface area contributed by atoms with Gasteiger partial charge in [0.2, 0.25) is 5.03 Å². The maximum atomic E-state index is 12.7. The van der Waals surface area contributed by atoms with Crippen molar-refractivity contribution in [2.75, 3.05) is 12.3 Å². The number of nitrogens with two attached hydrogens (primary N) is 1. The third kappa shape index (κ3) is 2.87. The van der Waals surface area contributed by atoms with E-state index in [1.165, 1.54) is 17.8 Å². The predicted molar refractivity (Wildman–Crippen MR) is 96.5 cm³/mol. The minimum absolute atomic E-state index is 0.103. The summed E-state index contributed by atoms with van der Waals surface area (Å²) in [5.74, 6) is 0.244. The lowest BCUT2D eigenvalue weighted by Gasteiger charge is -2.16. The number of imidazole rings is 1. The second-order valence-electron chi connectivity index (χ2n) is 5.69. The number of benzene rings is 1. The average molecular weight is 413 g/mol. The molecule has 0 bridgehead atoms. The SMILES string of the molecule is NC(=O)C1=NCCc2cc(OS(=O)(=O)c3c(Cl)nc4n3CCS4)ccc21. The van der Waals surface area contributed by atoms with Crippen molar-refractivity contribution in [3.05, 3.63) is 34.5 Å². The summed E-state index contributed by atoms with van der Waals surface area (Å²) < 4.78 is 32.2. The first-order valence-electron chi connectivity index (χ1n) is 7.67. The summed E-state index contributed by atoms with van der Waals surface area (Å²) >= 11 is 7.45. The number of amides is 1. The van der Waals surface area contributed by atoms with Crippen LogP contribution in [0.3, 0.4) is 0 Å². The van der Waals surface area contributed by atoms with Gasteiger partial charge >= 0.3 is 10.1 Å². The number of aromatic nitrogens is 2. The van der Waals surface area contributed by atoms with Gasteiger partial charge in [-0.15, -0.1) is 0 Å². The number of hydrogen-bond acceptors (Lipinski definition) is 7. The number of hydrogen-bond donors (Lipinski definition) is 1. The van der Waals surface area contributed by atoms with E-state index in [0.29, 0.717) is 30.2 Å². The van der Waals surface area contributed by atoms with Gasteiger partial charge in [-0.05, 0) is 30.2 Å². The van der Waals surface area contributed by atoms with Gasteiger partial charge in [0, 0.05) is 24.4 Å². The van der Waals surface area contributed by atoms with Crippen molar-refractivity contribution < 1.29 is 17.4 Å². The molecule has 0 fully saturated rings. The van der Waals surface area contributed by atoms with Gasteiger partial charge in [0.05, 0.1) is 0 Å². The van der Waals surface area contributed by atoms with Crippen LogP contribution in [0.1, 0.15) is 11.1 Å². The largest absolute Gasteiger partial charge is 0.378 e. The van der Waals surface area contributed by atoms with Crippen LogP contribution >= 0.6 is 23.4 Å². The first-order chi connectivity index (χ1) is 12.4. The van der Waals surface area contributed by atoms with Crippen LogP contribution in [-0.4, -0.2) is 41.9 Å². The lowest BCUT2D eigenvalue weighted by atomic mass is 9.97. The number of fused-ring (bicyclic) bond motifs is 2. The summed E-state index contributed by atoms with van der Waals surface area (Å²) in [4.78, 5) is 19.7. The summed E-state index contributed by atoms with van der Waals surface area (Å²) in [6.07, 6.45) is 0.558. The highest BCUT2D eigenvalue weighted by Gasteiger charge is 2.32.